The summed E-state index contributed by atoms with van der Waals surface area (Å²) in [5, 5.41) is 8.74. The smallest absolute Gasteiger partial charge is 0.123 e. The zero-order chi connectivity index (χ0) is 10.7. The van der Waals surface area contributed by atoms with Crippen LogP contribution in [0.15, 0.2) is 30.3 Å². The highest BCUT2D eigenvalue weighted by Crippen LogP contribution is 2.42. The van der Waals surface area contributed by atoms with Crippen molar-refractivity contribution in [2.24, 2.45) is 11.8 Å². The van der Waals surface area contributed by atoms with Gasteiger partial charge in [-0.3, -0.25) is 0 Å². The van der Waals surface area contributed by atoms with E-state index in [0.717, 1.165) is 12.0 Å². The first-order chi connectivity index (χ1) is 7.29. The Labute approximate surface area is 89.3 Å². The molecule has 2 atom stereocenters. The summed E-state index contributed by atoms with van der Waals surface area (Å²) >= 11 is 0. The third kappa shape index (κ3) is 2.90. The monoisotopic (exact) mass is 206 g/mol. The lowest BCUT2D eigenvalue weighted by Gasteiger charge is -1.93. The maximum absolute atomic E-state index is 12.6. The van der Waals surface area contributed by atoms with Gasteiger partial charge in [-0.2, -0.15) is 0 Å². The molecule has 2 heteroatoms. The Morgan fingerprint density at radius 2 is 2.07 bits per heavy atom. The van der Waals surface area contributed by atoms with Crippen LogP contribution in [0.25, 0.3) is 6.08 Å². The SMILES string of the molecule is OCC[C@H]1C[C@@H]1/C=C/c1ccc(F)cc1. The van der Waals surface area contributed by atoms with Gasteiger partial charge >= 0.3 is 0 Å². The fraction of sp³-hybridized carbons (Fsp3) is 0.385. The highest BCUT2D eigenvalue weighted by molar-refractivity contribution is 5.49. The normalized spacial score (nSPS) is 24.7. The molecule has 0 saturated heterocycles. The molecule has 0 radical (unpaired) electrons. The maximum Gasteiger partial charge on any atom is 0.123 e. The predicted molar refractivity (Wildman–Crippen MR) is 58.7 cm³/mol. The van der Waals surface area contributed by atoms with Crippen molar-refractivity contribution in [3.63, 3.8) is 0 Å². The molecule has 1 N–H and O–H groups in total. The van der Waals surface area contributed by atoms with E-state index < -0.39 is 0 Å². The second-order valence-corrected chi connectivity index (χ2v) is 4.08. The van der Waals surface area contributed by atoms with Crippen molar-refractivity contribution >= 4 is 6.08 Å². The van der Waals surface area contributed by atoms with Gasteiger partial charge in [0.15, 0.2) is 0 Å². The maximum atomic E-state index is 12.6. The minimum Gasteiger partial charge on any atom is -0.396 e. The first-order valence-corrected chi connectivity index (χ1v) is 5.34. The van der Waals surface area contributed by atoms with E-state index in [0.29, 0.717) is 11.8 Å². The lowest BCUT2D eigenvalue weighted by molar-refractivity contribution is 0.278. The third-order valence-corrected chi connectivity index (χ3v) is 2.88. The minimum atomic E-state index is -0.197. The molecule has 1 aliphatic rings. The average Bonchev–Trinajstić information content (AvgIpc) is 2.97. The number of halogens is 1. The molecule has 0 heterocycles. The summed E-state index contributed by atoms with van der Waals surface area (Å²) in [5.41, 5.74) is 1.03. The highest BCUT2D eigenvalue weighted by Gasteiger charge is 2.33. The van der Waals surface area contributed by atoms with E-state index >= 15 is 0 Å². The molecule has 1 aromatic carbocycles. The molecule has 1 fully saturated rings. The van der Waals surface area contributed by atoms with Crippen LogP contribution in [0.1, 0.15) is 18.4 Å². The number of hydrogen-bond donors (Lipinski definition) is 1. The number of hydrogen-bond acceptors (Lipinski definition) is 1. The molecule has 0 amide bonds. The Kier molecular flexibility index (Phi) is 3.17. The summed E-state index contributed by atoms with van der Waals surface area (Å²) in [5.74, 6) is 1.07. The Morgan fingerprint density at radius 1 is 1.33 bits per heavy atom. The molecular weight excluding hydrogens is 191 g/mol. The number of allylic oxidation sites excluding steroid dienone is 1. The molecule has 0 aromatic heterocycles. The number of benzene rings is 1. The van der Waals surface area contributed by atoms with Crippen molar-refractivity contribution in [3.05, 3.63) is 41.7 Å². The number of aliphatic hydroxyl groups excluding tert-OH is 1. The molecule has 0 spiro atoms. The summed E-state index contributed by atoms with van der Waals surface area (Å²) in [6.45, 7) is 0.283. The van der Waals surface area contributed by atoms with Crippen LogP contribution in [0.2, 0.25) is 0 Å². The van der Waals surface area contributed by atoms with Gasteiger partial charge in [0.2, 0.25) is 0 Å². The second-order valence-electron chi connectivity index (χ2n) is 4.08. The van der Waals surface area contributed by atoms with Crippen molar-refractivity contribution < 1.29 is 9.50 Å². The van der Waals surface area contributed by atoms with E-state index in [1.165, 1.54) is 18.6 Å². The summed E-state index contributed by atoms with van der Waals surface area (Å²) in [6.07, 6.45) is 6.27. The van der Waals surface area contributed by atoms with Crippen LogP contribution in [0.5, 0.6) is 0 Å². The van der Waals surface area contributed by atoms with Crippen molar-refractivity contribution in [1.29, 1.82) is 0 Å². The molecule has 1 nitrogen and oxygen atoms in total. The van der Waals surface area contributed by atoms with Crippen molar-refractivity contribution in [1.82, 2.24) is 0 Å². The first kappa shape index (κ1) is 10.4. The molecule has 0 bridgehead atoms. The van der Waals surface area contributed by atoms with Crippen molar-refractivity contribution in [3.8, 4) is 0 Å². The Morgan fingerprint density at radius 3 is 2.73 bits per heavy atom. The van der Waals surface area contributed by atoms with Crippen molar-refractivity contribution in [2.75, 3.05) is 6.61 Å². The van der Waals surface area contributed by atoms with Gasteiger partial charge in [-0.1, -0.05) is 24.3 Å². The van der Waals surface area contributed by atoms with Crippen LogP contribution in [-0.4, -0.2) is 11.7 Å². The van der Waals surface area contributed by atoms with Gasteiger partial charge in [-0.05, 0) is 42.4 Å². The highest BCUT2D eigenvalue weighted by atomic mass is 19.1. The van der Waals surface area contributed by atoms with Crippen LogP contribution in [0, 0.1) is 17.7 Å². The molecule has 1 aliphatic carbocycles. The zero-order valence-electron chi connectivity index (χ0n) is 8.57. The van der Waals surface area contributed by atoms with E-state index in [1.807, 2.05) is 6.08 Å². The van der Waals surface area contributed by atoms with Crippen LogP contribution in [0.4, 0.5) is 4.39 Å². The lowest BCUT2D eigenvalue weighted by Crippen LogP contribution is -1.85. The first-order valence-electron chi connectivity index (χ1n) is 5.34. The third-order valence-electron chi connectivity index (χ3n) is 2.88. The molecule has 15 heavy (non-hydrogen) atoms. The summed E-state index contributed by atoms with van der Waals surface area (Å²) < 4.78 is 12.6. The van der Waals surface area contributed by atoms with Gasteiger partial charge in [0.25, 0.3) is 0 Å². The summed E-state index contributed by atoms with van der Waals surface area (Å²) in [6, 6.07) is 6.49. The van der Waals surface area contributed by atoms with E-state index in [4.69, 9.17) is 5.11 Å². The van der Waals surface area contributed by atoms with Crippen LogP contribution < -0.4 is 0 Å². The molecule has 2 rings (SSSR count). The Balaban J connectivity index is 1.87. The molecule has 0 unspecified atom stereocenters. The van der Waals surface area contributed by atoms with E-state index in [-0.39, 0.29) is 12.4 Å². The Hall–Kier alpha value is -1.15. The van der Waals surface area contributed by atoms with Crippen LogP contribution in [0.3, 0.4) is 0 Å². The van der Waals surface area contributed by atoms with Crippen LogP contribution in [-0.2, 0) is 0 Å². The molecule has 1 saturated carbocycles. The van der Waals surface area contributed by atoms with Crippen LogP contribution >= 0.6 is 0 Å². The fourth-order valence-corrected chi connectivity index (χ4v) is 1.81. The lowest BCUT2D eigenvalue weighted by atomic mass is 10.1. The van der Waals surface area contributed by atoms with E-state index in [2.05, 4.69) is 6.08 Å². The quantitative estimate of drug-likeness (QED) is 0.803. The van der Waals surface area contributed by atoms with Gasteiger partial charge in [-0.15, -0.1) is 0 Å². The van der Waals surface area contributed by atoms with Gasteiger partial charge in [0, 0.05) is 6.61 Å². The van der Waals surface area contributed by atoms with Gasteiger partial charge < -0.3 is 5.11 Å². The predicted octanol–water partition coefficient (Wildman–Crippen LogP) is 2.86. The Bertz CT molecular complexity index is 342. The van der Waals surface area contributed by atoms with Gasteiger partial charge in [0.1, 0.15) is 5.82 Å². The molecule has 0 aliphatic heterocycles. The van der Waals surface area contributed by atoms with E-state index in [1.54, 1.807) is 12.1 Å². The largest absolute Gasteiger partial charge is 0.396 e. The fourth-order valence-electron chi connectivity index (χ4n) is 1.81. The van der Waals surface area contributed by atoms with Gasteiger partial charge in [0.05, 0.1) is 0 Å². The molecule has 1 aromatic rings. The molecule has 80 valence electrons. The number of rotatable bonds is 4. The van der Waals surface area contributed by atoms with Crippen molar-refractivity contribution in [2.45, 2.75) is 12.8 Å². The average molecular weight is 206 g/mol. The summed E-state index contributed by atoms with van der Waals surface area (Å²) in [7, 11) is 0. The standard InChI is InChI=1S/C13H15FO/c14-13-5-2-10(3-6-13)1-4-11-9-12(11)7-8-15/h1-6,11-12,15H,7-9H2/b4-1+/t11-,12-/m0/s1. The summed E-state index contributed by atoms with van der Waals surface area (Å²) in [4.78, 5) is 0. The number of aliphatic hydroxyl groups is 1. The van der Waals surface area contributed by atoms with E-state index in [9.17, 15) is 4.39 Å². The topological polar surface area (TPSA) is 20.2 Å². The molecular formula is C13H15FO. The van der Waals surface area contributed by atoms with Gasteiger partial charge in [-0.25, -0.2) is 4.39 Å². The minimum absolute atomic E-state index is 0.197. The second kappa shape index (κ2) is 4.58. The zero-order valence-corrected chi connectivity index (χ0v) is 8.57.